The molecule has 0 fully saturated rings. The molecule has 2 aromatic carbocycles. The van der Waals surface area contributed by atoms with Crippen LogP contribution in [0, 0.1) is 0 Å². The summed E-state index contributed by atoms with van der Waals surface area (Å²) in [7, 11) is 0. The zero-order valence-corrected chi connectivity index (χ0v) is 13.2. The SMILES string of the molecule is S=CC1NN=C(COc2cccc(Cl)c2)N1c1ccccc1. The molecule has 0 saturated carbocycles. The molecule has 6 heteroatoms. The van der Waals surface area contributed by atoms with Crippen LogP contribution in [0.2, 0.25) is 5.02 Å². The molecule has 1 aliphatic rings. The highest BCUT2D eigenvalue weighted by Crippen LogP contribution is 2.21. The van der Waals surface area contributed by atoms with Gasteiger partial charge in [0.15, 0.2) is 5.84 Å². The van der Waals surface area contributed by atoms with Crippen LogP contribution in [-0.4, -0.2) is 24.0 Å². The molecule has 1 unspecified atom stereocenters. The quantitative estimate of drug-likeness (QED) is 0.851. The van der Waals surface area contributed by atoms with Gasteiger partial charge in [-0.3, -0.25) is 10.3 Å². The number of nitrogens with zero attached hydrogens (tertiary/aromatic N) is 2. The Kier molecular flexibility index (Phi) is 4.56. The minimum Gasteiger partial charge on any atom is -0.486 e. The van der Waals surface area contributed by atoms with Crippen LogP contribution in [0.3, 0.4) is 0 Å². The van der Waals surface area contributed by atoms with Crippen LogP contribution in [0.25, 0.3) is 0 Å². The van der Waals surface area contributed by atoms with Crippen molar-refractivity contribution in [3.63, 3.8) is 0 Å². The van der Waals surface area contributed by atoms with Crippen molar-refractivity contribution >= 4 is 40.7 Å². The molecular weight excluding hydrogens is 318 g/mol. The Hall–Kier alpha value is -2.11. The minimum absolute atomic E-state index is 0.157. The van der Waals surface area contributed by atoms with Crippen LogP contribution in [0.4, 0.5) is 5.69 Å². The van der Waals surface area contributed by atoms with Crippen molar-refractivity contribution in [1.82, 2.24) is 5.43 Å². The second-order valence-corrected chi connectivity index (χ2v) is 5.40. The van der Waals surface area contributed by atoms with Gasteiger partial charge in [0.2, 0.25) is 0 Å². The summed E-state index contributed by atoms with van der Waals surface area (Å²) < 4.78 is 5.77. The number of para-hydroxylation sites is 1. The maximum absolute atomic E-state index is 5.96. The van der Waals surface area contributed by atoms with E-state index in [2.05, 4.69) is 10.5 Å². The molecule has 0 aliphatic carbocycles. The van der Waals surface area contributed by atoms with Gasteiger partial charge in [0.05, 0.1) is 0 Å². The Morgan fingerprint density at radius 2 is 2.05 bits per heavy atom. The monoisotopic (exact) mass is 331 g/mol. The topological polar surface area (TPSA) is 36.9 Å². The average molecular weight is 332 g/mol. The number of halogens is 1. The molecule has 0 radical (unpaired) electrons. The Morgan fingerprint density at radius 1 is 1.23 bits per heavy atom. The first kappa shape index (κ1) is 14.8. The number of hydrogen-bond acceptors (Lipinski definition) is 5. The highest BCUT2D eigenvalue weighted by molar-refractivity contribution is 7.79. The van der Waals surface area contributed by atoms with E-state index in [9.17, 15) is 0 Å². The van der Waals surface area contributed by atoms with Crippen molar-refractivity contribution in [1.29, 1.82) is 0 Å². The molecule has 0 spiro atoms. The van der Waals surface area contributed by atoms with Crippen molar-refractivity contribution in [2.45, 2.75) is 6.17 Å². The summed E-state index contributed by atoms with van der Waals surface area (Å²) in [5.74, 6) is 1.46. The highest BCUT2D eigenvalue weighted by Gasteiger charge is 2.27. The summed E-state index contributed by atoms with van der Waals surface area (Å²) in [5.41, 5.74) is 4.01. The number of nitrogens with one attached hydrogen (secondary N) is 1. The minimum atomic E-state index is -0.157. The summed E-state index contributed by atoms with van der Waals surface area (Å²) in [5, 5.41) is 6.60. The van der Waals surface area contributed by atoms with Gasteiger partial charge < -0.3 is 4.74 Å². The molecule has 1 N–H and O–H groups in total. The van der Waals surface area contributed by atoms with Gasteiger partial charge in [0.25, 0.3) is 0 Å². The molecule has 1 heterocycles. The van der Waals surface area contributed by atoms with E-state index in [1.54, 1.807) is 11.4 Å². The number of hydrazone groups is 1. The van der Waals surface area contributed by atoms with Crippen LogP contribution in [-0.2, 0) is 0 Å². The molecule has 0 aromatic heterocycles. The Morgan fingerprint density at radius 3 is 2.77 bits per heavy atom. The molecule has 4 nitrogen and oxygen atoms in total. The number of hydrogen-bond donors (Lipinski definition) is 1. The molecule has 112 valence electrons. The molecule has 22 heavy (non-hydrogen) atoms. The van der Waals surface area contributed by atoms with E-state index in [1.165, 1.54) is 0 Å². The lowest BCUT2D eigenvalue weighted by Gasteiger charge is -2.24. The fourth-order valence-electron chi connectivity index (χ4n) is 2.21. The van der Waals surface area contributed by atoms with E-state index < -0.39 is 0 Å². The summed E-state index contributed by atoms with van der Waals surface area (Å²) in [6.07, 6.45) is -0.157. The largest absolute Gasteiger partial charge is 0.486 e. The summed E-state index contributed by atoms with van der Waals surface area (Å²) in [6, 6.07) is 17.2. The molecule has 1 atom stereocenters. The number of amidine groups is 1. The van der Waals surface area contributed by atoms with Crippen LogP contribution in [0.15, 0.2) is 59.7 Å². The van der Waals surface area contributed by atoms with E-state index in [-0.39, 0.29) is 6.17 Å². The van der Waals surface area contributed by atoms with Gasteiger partial charge in [-0.1, -0.05) is 48.1 Å². The van der Waals surface area contributed by atoms with Crippen LogP contribution < -0.4 is 15.1 Å². The van der Waals surface area contributed by atoms with Crippen molar-refractivity contribution in [2.75, 3.05) is 11.5 Å². The van der Waals surface area contributed by atoms with E-state index in [4.69, 9.17) is 28.6 Å². The van der Waals surface area contributed by atoms with Gasteiger partial charge in [0, 0.05) is 16.1 Å². The third-order valence-corrected chi connectivity index (χ3v) is 3.70. The zero-order chi connectivity index (χ0) is 15.4. The molecule has 2 aromatic rings. The molecule has 0 bridgehead atoms. The summed E-state index contributed by atoms with van der Waals surface area (Å²) >= 11 is 11.0. The fraction of sp³-hybridized carbons (Fsp3) is 0.125. The predicted molar refractivity (Wildman–Crippen MR) is 93.9 cm³/mol. The number of anilines is 1. The van der Waals surface area contributed by atoms with E-state index in [0.29, 0.717) is 17.4 Å². The van der Waals surface area contributed by atoms with Crippen molar-refractivity contribution < 1.29 is 4.74 Å². The second-order valence-electron chi connectivity index (χ2n) is 4.69. The van der Waals surface area contributed by atoms with Gasteiger partial charge in [-0.2, -0.15) is 5.10 Å². The molecule has 0 amide bonds. The Balaban J connectivity index is 1.76. The average Bonchev–Trinajstić information content (AvgIpc) is 2.97. The molecule has 0 saturated heterocycles. The van der Waals surface area contributed by atoms with Crippen LogP contribution in [0.1, 0.15) is 0 Å². The number of rotatable bonds is 5. The Labute approximate surface area is 139 Å². The van der Waals surface area contributed by atoms with Gasteiger partial charge in [-0.25, -0.2) is 0 Å². The lowest BCUT2D eigenvalue weighted by atomic mass is 10.2. The third kappa shape index (κ3) is 3.21. The lowest BCUT2D eigenvalue weighted by Crippen LogP contribution is -2.42. The summed E-state index contributed by atoms with van der Waals surface area (Å²) in [4.78, 5) is 2.01. The zero-order valence-electron chi connectivity index (χ0n) is 11.6. The number of thiocarbonyl (C=S) groups is 1. The molecule has 3 rings (SSSR count). The van der Waals surface area contributed by atoms with Crippen molar-refractivity contribution in [2.24, 2.45) is 5.10 Å². The molecule has 1 aliphatic heterocycles. The number of benzene rings is 2. The maximum Gasteiger partial charge on any atom is 0.169 e. The van der Waals surface area contributed by atoms with Gasteiger partial charge in [0.1, 0.15) is 18.5 Å². The van der Waals surface area contributed by atoms with Gasteiger partial charge >= 0.3 is 0 Å². The van der Waals surface area contributed by atoms with Crippen molar-refractivity contribution in [3.8, 4) is 5.75 Å². The lowest BCUT2D eigenvalue weighted by molar-refractivity contribution is 0.375. The van der Waals surface area contributed by atoms with Gasteiger partial charge in [-0.05, 0) is 30.3 Å². The van der Waals surface area contributed by atoms with Gasteiger partial charge in [-0.15, -0.1) is 0 Å². The normalized spacial score (nSPS) is 16.9. The van der Waals surface area contributed by atoms with Crippen LogP contribution in [0.5, 0.6) is 5.75 Å². The molecular formula is C16H14ClN3OS. The first-order valence-corrected chi connectivity index (χ1v) is 7.63. The van der Waals surface area contributed by atoms with Crippen molar-refractivity contribution in [3.05, 3.63) is 59.6 Å². The highest BCUT2D eigenvalue weighted by atomic mass is 35.5. The maximum atomic E-state index is 5.96. The standard InChI is InChI=1S/C16H14ClN3OS/c17-12-5-4-8-14(9-12)21-10-15-18-19-16(11-22)20(15)13-6-2-1-3-7-13/h1-9,11,16,19H,10H2. The Bertz CT molecular complexity index is 693. The summed E-state index contributed by atoms with van der Waals surface area (Å²) in [6.45, 7) is 0.321. The first-order valence-electron chi connectivity index (χ1n) is 6.78. The van der Waals surface area contributed by atoms with E-state index >= 15 is 0 Å². The van der Waals surface area contributed by atoms with E-state index in [0.717, 1.165) is 11.5 Å². The first-order chi connectivity index (χ1) is 10.8. The number of ether oxygens (including phenoxy) is 1. The third-order valence-electron chi connectivity index (χ3n) is 3.21. The predicted octanol–water partition coefficient (Wildman–Crippen LogP) is 3.47. The second kappa shape index (κ2) is 6.77. The fourth-order valence-corrected chi connectivity index (χ4v) is 2.57. The van der Waals surface area contributed by atoms with E-state index in [1.807, 2.05) is 53.4 Å². The van der Waals surface area contributed by atoms with Crippen LogP contribution >= 0.6 is 23.8 Å². The smallest absolute Gasteiger partial charge is 0.169 e.